The van der Waals surface area contributed by atoms with Crippen LogP contribution in [0.5, 0.6) is 0 Å². The SMILES string of the molecule is COCC(=O)N1CC[C@@H]2[C@H](C1)[C@@H](c1ccc(F)c(F)c1)CN2Cc1ccc(-c2ccccc2)cc1. The maximum Gasteiger partial charge on any atom is 0.248 e. The summed E-state index contributed by atoms with van der Waals surface area (Å²) in [6, 6.07) is 23.4. The fourth-order valence-corrected chi connectivity index (χ4v) is 5.73. The molecule has 0 N–H and O–H groups in total. The van der Waals surface area contributed by atoms with Crippen LogP contribution >= 0.6 is 0 Å². The monoisotopic (exact) mass is 476 g/mol. The van der Waals surface area contributed by atoms with Gasteiger partial charge < -0.3 is 9.64 Å². The average Bonchev–Trinajstić information content (AvgIpc) is 3.24. The van der Waals surface area contributed by atoms with Gasteiger partial charge in [-0.15, -0.1) is 0 Å². The second kappa shape index (κ2) is 10.3. The molecule has 2 fully saturated rings. The van der Waals surface area contributed by atoms with Gasteiger partial charge in [0.2, 0.25) is 5.91 Å². The van der Waals surface area contributed by atoms with E-state index in [0.29, 0.717) is 13.1 Å². The standard InChI is InChI=1S/C29H30F2N2O2/c1-35-19-29(34)32-14-13-28-25(18-32)24(23-11-12-26(30)27(31)15-23)17-33(28)16-20-7-9-22(10-8-20)21-5-3-2-4-6-21/h2-12,15,24-25,28H,13-14,16-19H2,1H3/t24-,25-,28-/m1/s1. The molecule has 3 aromatic carbocycles. The summed E-state index contributed by atoms with van der Waals surface area (Å²) in [6.07, 6.45) is 0.850. The lowest BCUT2D eigenvalue weighted by Gasteiger charge is -2.39. The van der Waals surface area contributed by atoms with E-state index in [4.69, 9.17) is 4.74 Å². The molecule has 0 bridgehead atoms. The Kier molecular flexibility index (Phi) is 6.93. The highest BCUT2D eigenvalue weighted by molar-refractivity contribution is 5.77. The quantitative estimate of drug-likeness (QED) is 0.497. The largest absolute Gasteiger partial charge is 0.375 e. The Hall–Kier alpha value is -3.09. The molecule has 6 heteroatoms. The third kappa shape index (κ3) is 5.00. The van der Waals surface area contributed by atoms with Crippen LogP contribution in [0.4, 0.5) is 8.78 Å². The van der Waals surface area contributed by atoms with Gasteiger partial charge in [-0.05, 0) is 40.8 Å². The summed E-state index contributed by atoms with van der Waals surface area (Å²) in [7, 11) is 1.52. The molecular formula is C29H30F2N2O2. The maximum absolute atomic E-state index is 14.1. The van der Waals surface area contributed by atoms with Gasteiger partial charge in [0, 0.05) is 51.2 Å². The van der Waals surface area contributed by atoms with Crippen LogP contribution in [0, 0.1) is 17.6 Å². The molecule has 0 unspecified atom stereocenters. The number of halogens is 2. The third-order valence-corrected chi connectivity index (χ3v) is 7.48. The minimum Gasteiger partial charge on any atom is -0.375 e. The van der Waals surface area contributed by atoms with Crippen molar-refractivity contribution in [1.29, 1.82) is 0 Å². The molecule has 1 amide bonds. The van der Waals surface area contributed by atoms with Gasteiger partial charge in [0.25, 0.3) is 0 Å². The van der Waals surface area contributed by atoms with Gasteiger partial charge >= 0.3 is 0 Å². The number of nitrogens with zero attached hydrogens (tertiary/aromatic N) is 2. The van der Waals surface area contributed by atoms with Gasteiger partial charge in [0.1, 0.15) is 6.61 Å². The number of amides is 1. The highest BCUT2D eigenvalue weighted by Crippen LogP contribution is 2.42. The molecule has 0 aliphatic carbocycles. The van der Waals surface area contributed by atoms with Gasteiger partial charge in [-0.2, -0.15) is 0 Å². The summed E-state index contributed by atoms with van der Waals surface area (Å²) in [4.78, 5) is 16.8. The molecule has 2 saturated heterocycles. The van der Waals surface area contributed by atoms with Crippen LogP contribution in [-0.4, -0.2) is 55.1 Å². The van der Waals surface area contributed by atoms with E-state index in [0.717, 1.165) is 25.1 Å². The van der Waals surface area contributed by atoms with E-state index in [1.165, 1.54) is 35.9 Å². The summed E-state index contributed by atoms with van der Waals surface area (Å²) < 4.78 is 32.8. The average molecular weight is 477 g/mol. The van der Waals surface area contributed by atoms with Crippen molar-refractivity contribution in [2.24, 2.45) is 5.92 Å². The Bertz CT molecular complexity index is 1170. The number of methoxy groups -OCH3 is 1. The van der Waals surface area contributed by atoms with Crippen LogP contribution in [0.3, 0.4) is 0 Å². The molecule has 3 atom stereocenters. The van der Waals surface area contributed by atoms with Gasteiger partial charge in [-0.3, -0.25) is 9.69 Å². The van der Waals surface area contributed by atoms with Gasteiger partial charge in [-0.1, -0.05) is 60.7 Å². The Balaban J connectivity index is 1.37. The fourth-order valence-electron chi connectivity index (χ4n) is 5.73. The van der Waals surface area contributed by atoms with E-state index in [1.807, 2.05) is 23.1 Å². The van der Waals surface area contributed by atoms with Crippen LogP contribution in [0.1, 0.15) is 23.5 Å². The van der Waals surface area contributed by atoms with Crippen LogP contribution in [0.25, 0.3) is 11.1 Å². The molecule has 182 valence electrons. The van der Waals surface area contributed by atoms with Crippen molar-refractivity contribution in [2.75, 3.05) is 33.4 Å². The van der Waals surface area contributed by atoms with Crippen molar-refractivity contribution in [1.82, 2.24) is 9.80 Å². The molecule has 4 nitrogen and oxygen atoms in total. The number of benzene rings is 3. The van der Waals surface area contributed by atoms with E-state index in [9.17, 15) is 13.6 Å². The normalized spacial score (nSPS) is 22.3. The Morgan fingerprint density at radius 1 is 0.943 bits per heavy atom. The predicted octanol–water partition coefficient (Wildman–Crippen LogP) is 5.09. The fraction of sp³-hybridized carbons (Fsp3) is 0.345. The first kappa shape index (κ1) is 23.6. The highest BCUT2D eigenvalue weighted by Gasteiger charge is 2.45. The van der Waals surface area contributed by atoms with Crippen LogP contribution in [0.15, 0.2) is 72.8 Å². The van der Waals surface area contributed by atoms with Gasteiger partial charge in [0.15, 0.2) is 11.6 Å². The number of ether oxygens (including phenoxy) is 1. The first-order chi connectivity index (χ1) is 17.0. The number of hydrogen-bond donors (Lipinski definition) is 0. The maximum atomic E-state index is 14.1. The molecule has 3 aromatic rings. The molecule has 0 aromatic heterocycles. The second-order valence-corrected chi connectivity index (χ2v) is 9.57. The van der Waals surface area contributed by atoms with Crippen molar-refractivity contribution in [3.05, 3.63) is 95.6 Å². The summed E-state index contributed by atoms with van der Waals surface area (Å²) in [5.74, 6) is -1.50. The minimum absolute atomic E-state index is 0.0232. The molecule has 0 saturated carbocycles. The zero-order valence-electron chi connectivity index (χ0n) is 19.9. The summed E-state index contributed by atoms with van der Waals surface area (Å²) in [6.45, 7) is 2.86. The van der Waals surface area contributed by atoms with E-state index >= 15 is 0 Å². The smallest absolute Gasteiger partial charge is 0.248 e. The number of piperidine rings is 1. The Labute approximate surface area is 205 Å². The van der Waals surface area contributed by atoms with Crippen molar-refractivity contribution in [2.45, 2.75) is 24.9 Å². The van der Waals surface area contributed by atoms with Gasteiger partial charge in [0.05, 0.1) is 0 Å². The van der Waals surface area contributed by atoms with E-state index in [-0.39, 0.29) is 30.4 Å². The van der Waals surface area contributed by atoms with Crippen molar-refractivity contribution >= 4 is 5.91 Å². The van der Waals surface area contributed by atoms with E-state index in [2.05, 4.69) is 41.3 Å². The zero-order chi connectivity index (χ0) is 24.4. The molecule has 35 heavy (non-hydrogen) atoms. The summed E-state index contributed by atoms with van der Waals surface area (Å²) in [5, 5.41) is 0. The minimum atomic E-state index is -0.834. The first-order valence-corrected chi connectivity index (χ1v) is 12.1. The highest BCUT2D eigenvalue weighted by atomic mass is 19.2. The first-order valence-electron chi connectivity index (χ1n) is 12.1. The lowest BCUT2D eigenvalue weighted by Crippen LogP contribution is -2.49. The topological polar surface area (TPSA) is 32.8 Å². The van der Waals surface area contributed by atoms with E-state index < -0.39 is 11.6 Å². The third-order valence-electron chi connectivity index (χ3n) is 7.48. The lowest BCUT2D eigenvalue weighted by molar-refractivity contribution is -0.137. The lowest BCUT2D eigenvalue weighted by atomic mass is 9.81. The summed E-state index contributed by atoms with van der Waals surface area (Å²) in [5.41, 5.74) is 4.37. The van der Waals surface area contributed by atoms with E-state index in [1.54, 1.807) is 6.07 Å². The van der Waals surface area contributed by atoms with Gasteiger partial charge in [-0.25, -0.2) is 8.78 Å². The summed E-state index contributed by atoms with van der Waals surface area (Å²) >= 11 is 0. The zero-order valence-corrected chi connectivity index (χ0v) is 19.9. The van der Waals surface area contributed by atoms with Crippen LogP contribution < -0.4 is 0 Å². The Morgan fingerprint density at radius 2 is 1.69 bits per heavy atom. The van der Waals surface area contributed by atoms with Crippen molar-refractivity contribution in [3.63, 3.8) is 0 Å². The van der Waals surface area contributed by atoms with Crippen LogP contribution in [-0.2, 0) is 16.1 Å². The molecule has 0 spiro atoms. The van der Waals surface area contributed by atoms with Crippen LogP contribution in [0.2, 0.25) is 0 Å². The molecule has 2 heterocycles. The molecule has 0 radical (unpaired) electrons. The number of carbonyl (C=O) groups is 1. The second-order valence-electron chi connectivity index (χ2n) is 9.57. The number of rotatable bonds is 6. The van der Waals surface area contributed by atoms with Crippen molar-refractivity contribution < 1.29 is 18.3 Å². The molecule has 5 rings (SSSR count). The number of fused-ring (bicyclic) bond motifs is 1. The predicted molar refractivity (Wildman–Crippen MR) is 132 cm³/mol. The molecule has 2 aliphatic rings. The number of likely N-dealkylation sites (tertiary alicyclic amines) is 2. The number of hydrogen-bond acceptors (Lipinski definition) is 3. The Morgan fingerprint density at radius 3 is 2.40 bits per heavy atom. The molecular weight excluding hydrogens is 446 g/mol. The molecule has 2 aliphatic heterocycles. The van der Waals surface area contributed by atoms with Crippen molar-refractivity contribution in [3.8, 4) is 11.1 Å². The number of carbonyl (C=O) groups excluding carboxylic acids is 1.